The Morgan fingerprint density at radius 1 is 1.18 bits per heavy atom. The second kappa shape index (κ2) is 5.99. The Morgan fingerprint density at radius 2 is 1.88 bits per heavy atom. The number of rotatable bonds is 4. The molecule has 2 unspecified atom stereocenters. The van der Waals surface area contributed by atoms with Gasteiger partial charge in [0, 0.05) is 25.4 Å². The lowest BCUT2D eigenvalue weighted by atomic mass is 9.81. The van der Waals surface area contributed by atoms with E-state index in [4.69, 9.17) is 0 Å². The monoisotopic (exact) mass is 237 g/mol. The lowest BCUT2D eigenvalue weighted by Gasteiger charge is -2.30. The topological polar surface area (TPSA) is 20.3 Å². The molecule has 0 saturated heterocycles. The summed E-state index contributed by atoms with van der Waals surface area (Å²) in [6.07, 6.45) is 8.69. The first-order valence-electron chi connectivity index (χ1n) is 7.36. The van der Waals surface area contributed by atoms with Crippen molar-refractivity contribution in [1.82, 2.24) is 4.90 Å². The van der Waals surface area contributed by atoms with Crippen molar-refractivity contribution in [3.05, 3.63) is 0 Å². The molecule has 0 radical (unpaired) electrons. The van der Waals surface area contributed by atoms with Crippen LogP contribution in [-0.4, -0.2) is 30.8 Å². The van der Waals surface area contributed by atoms with Gasteiger partial charge in [-0.25, -0.2) is 0 Å². The van der Waals surface area contributed by atoms with Crippen LogP contribution in [0.1, 0.15) is 51.9 Å². The Hall–Kier alpha value is -0.370. The summed E-state index contributed by atoms with van der Waals surface area (Å²) < 4.78 is 0. The summed E-state index contributed by atoms with van der Waals surface area (Å²) in [5.41, 5.74) is 0. The third-order valence-corrected chi connectivity index (χ3v) is 4.60. The molecule has 17 heavy (non-hydrogen) atoms. The fraction of sp³-hybridized carbons (Fsp3) is 0.933. The van der Waals surface area contributed by atoms with Crippen molar-refractivity contribution < 1.29 is 4.79 Å². The van der Waals surface area contributed by atoms with Gasteiger partial charge in [0.1, 0.15) is 5.78 Å². The molecule has 0 N–H and O–H groups in total. The highest BCUT2D eigenvalue weighted by Gasteiger charge is 2.28. The van der Waals surface area contributed by atoms with E-state index < -0.39 is 0 Å². The normalized spacial score (nSPS) is 31.4. The Balaban J connectivity index is 1.76. The van der Waals surface area contributed by atoms with Crippen LogP contribution in [-0.2, 0) is 4.79 Å². The van der Waals surface area contributed by atoms with Gasteiger partial charge >= 0.3 is 0 Å². The van der Waals surface area contributed by atoms with Crippen LogP contribution < -0.4 is 0 Å². The zero-order valence-corrected chi connectivity index (χ0v) is 11.5. The predicted octanol–water partition coefficient (Wildman–Crippen LogP) is 3.11. The van der Waals surface area contributed by atoms with E-state index in [0.717, 1.165) is 37.6 Å². The summed E-state index contributed by atoms with van der Waals surface area (Å²) in [5, 5.41) is 0. The van der Waals surface area contributed by atoms with Gasteiger partial charge in [-0.3, -0.25) is 4.79 Å². The van der Waals surface area contributed by atoms with Gasteiger partial charge in [-0.1, -0.05) is 19.8 Å². The first-order valence-corrected chi connectivity index (χ1v) is 7.36. The standard InChI is InChI=1S/C15H27NO/c1-12-7-8-15(17)14(9-12)11-16(2)10-13-5-3-4-6-13/h12-14H,3-11H2,1-2H3. The molecule has 0 bridgehead atoms. The second-order valence-electron chi connectivity index (χ2n) is 6.41. The van der Waals surface area contributed by atoms with Gasteiger partial charge in [-0.2, -0.15) is 0 Å². The van der Waals surface area contributed by atoms with Gasteiger partial charge < -0.3 is 4.90 Å². The Morgan fingerprint density at radius 3 is 2.59 bits per heavy atom. The molecule has 0 aromatic heterocycles. The van der Waals surface area contributed by atoms with E-state index in [9.17, 15) is 4.79 Å². The summed E-state index contributed by atoms with van der Waals surface area (Å²) in [5.74, 6) is 2.49. The summed E-state index contributed by atoms with van der Waals surface area (Å²) >= 11 is 0. The average Bonchev–Trinajstić information content (AvgIpc) is 2.76. The molecule has 2 heteroatoms. The van der Waals surface area contributed by atoms with Gasteiger partial charge in [-0.15, -0.1) is 0 Å². The maximum atomic E-state index is 11.9. The molecular formula is C15H27NO. The minimum atomic E-state index is 0.324. The van der Waals surface area contributed by atoms with Gasteiger partial charge in [0.2, 0.25) is 0 Å². The van der Waals surface area contributed by atoms with Crippen molar-refractivity contribution in [2.75, 3.05) is 20.1 Å². The largest absolute Gasteiger partial charge is 0.305 e. The van der Waals surface area contributed by atoms with E-state index >= 15 is 0 Å². The summed E-state index contributed by atoms with van der Waals surface area (Å²) in [7, 11) is 2.20. The average molecular weight is 237 g/mol. The molecule has 0 aliphatic heterocycles. The zero-order chi connectivity index (χ0) is 12.3. The lowest BCUT2D eigenvalue weighted by Crippen LogP contribution is -2.36. The Labute approximate surface area is 106 Å². The number of carbonyl (C=O) groups is 1. The first kappa shape index (κ1) is 13.1. The molecule has 2 saturated carbocycles. The van der Waals surface area contributed by atoms with Gasteiger partial charge in [0.05, 0.1) is 0 Å². The van der Waals surface area contributed by atoms with Crippen molar-refractivity contribution in [2.45, 2.75) is 51.9 Å². The van der Waals surface area contributed by atoms with Gasteiger partial charge in [0.25, 0.3) is 0 Å². The van der Waals surface area contributed by atoms with Gasteiger partial charge in [0.15, 0.2) is 0 Å². The summed E-state index contributed by atoms with van der Waals surface area (Å²) in [6.45, 7) is 4.49. The van der Waals surface area contributed by atoms with Crippen molar-refractivity contribution in [3.8, 4) is 0 Å². The van der Waals surface area contributed by atoms with Gasteiger partial charge in [-0.05, 0) is 44.6 Å². The Kier molecular flexibility index (Phi) is 4.61. The van der Waals surface area contributed by atoms with E-state index in [2.05, 4.69) is 18.9 Å². The molecule has 2 rings (SSSR count). The fourth-order valence-electron chi connectivity index (χ4n) is 3.59. The van der Waals surface area contributed by atoms with Crippen LogP contribution in [0.2, 0.25) is 0 Å². The SMILES string of the molecule is CC1CCC(=O)C(CN(C)CC2CCCC2)C1. The highest BCUT2D eigenvalue weighted by molar-refractivity contribution is 5.81. The smallest absolute Gasteiger partial charge is 0.137 e. The molecule has 2 nitrogen and oxygen atoms in total. The number of hydrogen-bond acceptors (Lipinski definition) is 2. The third-order valence-electron chi connectivity index (χ3n) is 4.60. The molecule has 2 aliphatic rings. The quantitative estimate of drug-likeness (QED) is 0.749. The van der Waals surface area contributed by atoms with Crippen molar-refractivity contribution in [3.63, 3.8) is 0 Å². The minimum absolute atomic E-state index is 0.324. The molecule has 0 aromatic carbocycles. The van der Waals surface area contributed by atoms with Crippen LogP contribution in [0.4, 0.5) is 0 Å². The molecular weight excluding hydrogens is 210 g/mol. The van der Waals surface area contributed by atoms with E-state index in [1.54, 1.807) is 0 Å². The third kappa shape index (κ3) is 3.80. The molecule has 0 spiro atoms. The zero-order valence-electron chi connectivity index (χ0n) is 11.5. The van der Waals surface area contributed by atoms with E-state index in [1.165, 1.54) is 32.2 Å². The Bertz CT molecular complexity index is 258. The van der Waals surface area contributed by atoms with Crippen molar-refractivity contribution in [2.24, 2.45) is 17.8 Å². The number of carbonyl (C=O) groups excluding carboxylic acids is 1. The molecule has 2 atom stereocenters. The molecule has 0 amide bonds. The summed E-state index contributed by atoms with van der Waals surface area (Å²) in [4.78, 5) is 14.3. The van der Waals surface area contributed by atoms with Crippen LogP contribution in [0, 0.1) is 17.8 Å². The highest BCUT2D eigenvalue weighted by atomic mass is 16.1. The van der Waals surface area contributed by atoms with Crippen LogP contribution in [0.25, 0.3) is 0 Å². The van der Waals surface area contributed by atoms with Crippen molar-refractivity contribution in [1.29, 1.82) is 0 Å². The first-order chi connectivity index (χ1) is 8.15. The fourth-order valence-corrected chi connectivity index (χ4v) is 3.59. The van der Waals surface area contributed by atoms with Crippen LogP contribution in [0.3, 0.4) is 0 Å². The highest BCUT2D eigenvalue weighted by Crippen LogP contribution is 2.28. The van der Waals surface area contributed by atoms with E-state index in [0.29, 0.717) is 11.7 Å². The summed E-state index contributed by atoms with van der Waals surface area (Å²) in [6, 6.07) is 0. The molecule has 0 heterocycles. The van der Waals surface area contributed by atoms with E-state index in [-0.39, 0.29) is 0 Å². The number of nitrogens with zero attached hydrogens (tertiary/aromatic N) is 1. The van der Waals surface area contributed by atoms with Crippen LogP contribution in [0.15, 0.2) is 0 Å². The minimum Gasteiger partial charge on any atom is -0.305 e. The maximum absolute atomic E-state index is 11.9. The number of ketones is 1. The lowest BCUT2D eigenvalue weighted by molar-refractivity contribution is -0.126. The number of Topliss-reactive ketones (excluding diaryl/α,β-unsaturated/α-hetero) is 1. The van der Waals surface area contributed by atoms with Crippen molar-refractivity contribution >= 4 is 5.78 Å². The maximum Gasteiger partial charge on any atom is 0.137 e. The van der Waals surface area contributed by atoms with E-state index in [1.807, 2.05) is 0 Å². The van der Waals surface area contributed by atoms with Crippen LogP contribution in [0.5, 0.6) is 0 Å². The number of hydrogen-bond donors (Lipinski definition) is 0. The molecule has 2 fully saturated rings. The predicted molar refractivity (Wildman–Crippen MR) is 71.0 cm³/mol. The van der Waals surface area contributed by atoms with Crippen LogP contribution >= 0.6 is 0 Å². The molecule has 2 aliphatic carbocycles. The molecule has 0 aromatic rings. The second-order valence-corrected chi connectivity index (χ2v) is 6.41. The molecule has 98 valence electrons.